The fourth-order valence-corrected chi connectivity index (χ4v) is 16.3. The molecule has 1 atom stereocenters. The summed E-state index contributed by atoms with van der Waals surface area (Å²) in [6.45, 7) is 5.12. The SMILES string of the molecule is CSc1nnc(-c2ccnc(NC3CCOCC3)c2)o1.CSc1nnc(-c2ccnc(NCc3ccccc3)c2)o1.CSc1nnc(-c2ccnc(Nc3ccccc3)c2)o1.CSc1nnc(-c2ccncc2-c2ccc(F)cc2)o1.Cc1ccc(CSc2nnc(-c3cc[nH]c(=O)c3)o2)cc1.O=C1CCC(CSc2nnc(-c3ccncc3)o2)CN1.O=c1ccc(CSc2nnc(-c3ccncc3)o2)c[nH]1. The summed E-state index contributed by atoms with van der Waals surface area (Å²) in [7, 11) is 0. The molecule has 15 aromatic heterocycles. The molecule has 2 aliphatic rings. The lowest BCUT2D eigenvalue weighted by Crippen LogP contribution is -2.35. The first-order valence-corrected chi connectivity index (χ1v) is 51.4. The third-order valence-corrected chi connectivity index (χ3v) is 25.0. The van der Waals surface area contributed by atoms with Gasteiger partial charge in [0.15, 0.2) is 0 Å². The summed E-state index contributed by atoms with van der Waals surface area (Å²) in [4.78, 5) is 63.4. The Kier molecular flexibility index (Phi) is 38.0. The molecule has 21 rings (SSSR count). The number of halogens is 1. The van der Waals surface area contributed by atoms with Crippen molar-refractivity contribution in [3.8, 4) is 91.3 Å². The van der Waals surface area contributed by atoms with Gasteiger partial charge in [0, 0.05) is 187 Å². The van der Waals surface area contributed by atoms with E-state index >= 15 is 0 Å². The molecule has 37 nitrogen and oxygen atoms in total. The lowest BCUT2D eigenvalue weighted by Gasteiger charge is -2.23. The van der Waals surface area contributed by atoms with Crippen molar-refractivity contribution in [3.05, 3.63) is 317 Å². The van der Waals surface area contributed by atoms with Gasteiger partial charge in [-0.05, 0) is 176 Å². The molecule has 2 saturated heterocycles. The van der Waals surface area contributed by atoms with Gasteiger partial charge in [-0.15, -0.1) is 71.4 Å². The average molecular weight is 2040 g/mol. The van der Waals surface area contributed by atoms with Crippen LogP contribution in [0.1, 0.15) is 47.9 Å². The second kappa shape index (κ2) is 53.3. The molecule has 4 aromatic carbocycles. The Morgan fingerprint density at radius 2 is 0.859 bits per heavy atom. The van der Waals surface area contributed by atoms with Crippen LogP contribution in [0.3, 0.4) is 0 Å². The average Bonchev–Trinajstić information content (AvgIpc) is 1.43. The van der Waals surface area contributed by atoms with E-state index in [0.29, 0.717) is 107 Å². The van der Waals surface area contributed by atoms with E-state index in [2.05, 4.69) is 176 Å². The summed E-state index contributed by atoms with van der Waals surface area (Å²) in [5, 5.41) is 72.3. The summed E-state index contributed by atoms with van der Waals surface area (Å²) in [5.74, 6) is 8.23. The van der Waals surface area contributed by atoms with Crippen LogP contribution in [0.25, 0.3) is 91.3 Å². The molecule has 45 heteroatoms. The van der Waals surface area contributed by atoms with E-state index in [1.165, 1.54) is 123 Å². The molecule has 0 aliphatic carbocycles. The predicted molar refractivity (Wildman–Crippen MR) is 543 cm³/mol. The Hall–Kier alpha value is -15.1. The van der Waals surface area contributed by atoms with Crippen LogP contribution in [0.15, 0.2) is 345 Å². The maximum Gasteiger partial charge on any atom is 0.277 e. The summed E-state index contributed by atoms with van der Waals surface area (Å²) in [6, 6.07) is 61.8. The molecule has 0 spiro atoms. The second-order valence-corrected chi connectivity index (χ2v) is 35.9. The fraction of sp³-hybridized carbons (Fsp3) is 0.186. The van der Waals surface area contributed by atoms with Gasteiger partial charge in [-0.2, -0.15) is 0 Å². The molecule has 0 saturated carbocycles. The molecule has 19 aromatic rings. The van der Waals surface area contributed by atoms with Crippen LogP contribution < -0.4 is 32.4 Å². The first-order chi connectivity index (χ1) is 69.6. The topological polar surface area (TPSA) is 490 Å². The first-order valence-electron chi connectivity index (χ1n) is 43.6. The number of amides is 1. The lowest BCUT2D eigenvalue weighted by atomic mass is 10.0. The van der Waals surface area contributed by atoms with E-state index in [9.17, 15) is 18.8 Å². The van der Waals surface area contributed by atoms with E-state index < -0.39 is 0 Å². The number of pyridine rings is 8. The number of anilines is 4. The third kappa shape index (κ3) is 31.4. The van der Waals surface area contributed by atoms with Gasteiger partial charge in [-0.1, -0.05) is 179 Å². The largest absolute Gasteiger partial charge is 0.411 e. The summed E-state index contributed by atoms with van der Waals surface area (Å²) < 4.78 is 57.2. The van der Waals surface area contributed by atoms with Crippen LogP contribution in [-0.2, 0) is 27.6 Å². The zero-order valence-electron chi connectivity index (χ0n) is 76.5. The molecule has 2 fully saturated rings. The monoisotopic (exact) mass is 2040 g/mol. The maximum atomic E-state index is 13.0. The highest BCUT2D eigenvalue weighted by atomic mass is 32.2. The number of aromatic amines is 2. The zero-order chi connectivity index (χ0) is 98.2. The highest BCUT2D eigenvalue weighted by Gasteiger charge is 2.23. The predicted octanol–water partition coefficient (Wildman–Crippen LogP) is 20.1. The minimum atomic E-state index is -0.276. The Balaban J connectivity index is 0.000000125. The number of ether oxygens (including phenoxy) is 1. The number of para-hydroxylation sites is 1. The van der Waals surface area contributed by atoms with Crippen molar-refractivity contribution >= 4 is 111 Å². The van der Waals surface area contributed by atoms with Crippen LogP contribution in [0.2, 0.25) is 0 Å². The Morgan fingerprint density at radius 3 is 1.39 bits per heavy atom. The van der Waals surface area contributed by atoms with Crippen molar-refractivity contribution in [1.82, 2.24) is 117 Å². The van der Waals surface area contributed by atoms with Gasteiger partial charge >= 0.3 is 0 Å². The van der Waals surface area contributed by atoms with E-state index in [4.69, 9.17) is 35.7 Å². The number of hydrogen-bond donors (Lipinski definition) is 6. The van der Waals surface area contributed by atoms with Crippen LogP contribution >= 0.6 is 82.3 Å². The summed E-state index contributed by atoms with van der Waals surface area (Å²) in [6.07, 6.45) is 29.6. The first kappa shape index (κ1) is 101. The maximum absolute atomic E-state index is 13.0. The number of hydrogen-bond acceptors (Lipinski definition) is 41. The summed E-state index contributed by atoms with van der Waals surface area (Å²) in [5.41, 5.74) is 12.6. The number of aryl methyl sites for hydroxylation is 1. The van der Waals surface area contributed by atoms with Gasteiger partial charge in [-0.25, -0.2) is 19.3 Å². The number of thioether (sulfide) groups is 7. The van der Waals surface area contributed by atoms with Crippen molar-refractivity contribution in [2.45, 2.75) is 93.3 Å². The fourth-order valence-electron chi connectivity index (χ4n) is 12.9. The number of rotatable bonds is 28. The van der Waals surface area contributed by atoms with Crippen LogP contribution in [0.5, 0.6) is 0 Å². The molecule has 17 heterocycles. The van der Waals surface area contributed by atoms with Crippen molar-refractivity contribution in [1.29, 1.82) is 0 Å². The quantitative estimate of drug-likeness (QED) is 0.0248. The van der Waals surface area contributed by atoms with Gasteiger partial charge < -0.3 is 66.9 Å². The standard InChI is InChI=1S/C15H14N4OS.C15H13N3O2S.C14H10FN3OS.C14H12N4OS.C13H16N4O2S.C13H14N4O2S.C13H10N4O2S/c1-21-15-19-18-14(20-15)12-7-8-16-13(9-12)17-10-11-5-3-2-4-6-11;1-10-2-4-11(5-3-10)9-21-15-18-17-14(20-15)12-6-7-16-13(19)8-12;1-20-14-18-17-13(19-14)11-6-7-16-8-12(11)9-2-4-10(15)5-3-9;1-20-14-18-17-13(19-14)10-7-8-15-12(9-10)16-11-5-3-2-4-6-11;1-20-13-17-16-12(19-13)9-2-5-14-11(8-9)15-10-3-6-18-7-4-10;2*18-11-2-1-9(7-15-11)8-20-13-17-16-12(19-13)10-3-5-14-6-4-10/h2-9H,10H2,1H3,(H,16,17);2-8H,9H2,1H3,(H,16,19);2-8H,1H3;2-9H,1H3,(H,15,16);2,5,8,10H,3-4,6-7H2,1H3,(H,14,15);3-6,9H,1-2,7-8H2,(H,15,18);1-7H,8H2,(H,15,18). The van der Waals surface area contributed by atoms with Crippen molar-refractivity contribution in [2.24, 2.45) is 5.92 Å². The van der Waals surface area contributed by atoms with E-state index in [1.54, 1.807) is 98.5 Å². The summed E-state index contributed by atoms with van der Waals surface area (Å²) >= 11 is 10.1. The Labute approximate surface area is 840 Å². The van der Waals surface area contributed by atoms with Gasteiger partial charge in [0.05, 0.1) is 0 Å². The van der Waals surface area contributed by atoms with Gasteiger partial charge in [0.1, 0.15) is 23.3 Å². The molecule has 0 bridgehead atoms. The third-order valence-electron chi connectivity index (χ3n) is 20.1. The van der Waals surface area contributed by atoms with E-state index in [1.807, 2.05) is 134 Å². The number of carbonyl (C=O) groups is 1. The number of carbonyl (C=O) groups excluding carboxylic acids is 1. The van der Waals surface area contributed by atoms with Crippen molar-refractivity contribution < 1.29 is 44.8 Å². The molecule has 1 unspecified atom stereocenters. The highest BCUT2D eigenvalue weighted by molar-refractivity contribution is 7.99. The number of aromatic nitrogens is 22. The molecule has 142 heavy (non-hydrogen) atoms. The van der Waals surface area contributed by atoms with E-state index in [-0.39, 0.29) is 22.8 Å². The Bertz CT molecular complexity index is 7200. The number of nitrogens with zero attached hydrogens (tertiary/aromatic N) is 20. The van der Waals surface area contributed by atoms with Crippen molar-refractivity contribution in [2.75, 3.05) is 66.5 Å². The number of nitrogens with one attached hydrogen (secondary N) is 6. The number of H-pyrrole nitrogens is 2. The van der Waals surface area contributed by atoms with Crippen LogP contribution in [-0.4, -0.2) is 174 Å². The van der Waals surface area contributed by atoms with Gasteiger partial charge in [0.2, 0.25) is 58.3 Å². The van der Waals surface area contributed by atoms with Crippen LogP contribution in [0.4, 0.5) is 27.5 Å². The minimum Gasteiger partial charge on any atom is -0.411 e. The highest BCUT2D eigenvalue weighted by Crippen LogP contribution is 2.35. The molecule has 722 valence electrons. The Morgan fingerprint density at radius 1 is 0.394 bits per heavy atom. The second-order valence-electron chi connectivity index (χ2n) is 30.1. The van der Waals surface area contributed by atoms with Gasteiger partial charge in [-0.3, -0.25) is 29.3 Å². The van der Waals surface area contributed by atoms with Crippen molar-refractivity contribution in [3.63, 3.8) is 0 Å². The molecular formula is C97H89FN26O11S7. The number of benzene rings is 4. The van der Waals surface area contributed by atoms with Gasteiger partial charge in [0.25, 0.3) is 36.6 Å². The molecule has 6 N–H and O–H groups in total. The molecular weight excluding hydrogens is 1950 g/mol. The minimum absolute atomic E-state index is 0.114. The lowest BCUT2D eigenvalue weighted by molar-refractivity contribution is -0.122. The molecule has 2 aliphatic heterocycles. The van der Waals surface area contributed by atoms with Crippen LogP contribution in [0, 0.1) is 18.7 Å². The normalized spacial score (nSPS) is 12.5. The zero-order valence-corrected chi connectivity index (χ0v) is 82.2. The smallest absolute Gasteiger partial charge is 0.277 e. The molecule has 1 amide bonds. The van der Waals surface area contributed by atoms with E-state index in [0.717, 1.165) is 130 Å². The number of piperidine rings is 1. The molecule has 0 radical (unpaired) electrons.